The summed E-state index contributed by atoms with van der Waals surface area (Å²) in [4.78, 5) is 37.5. The number of anilines is 2. The molecule has 0 bridgehead atoms. The number of nitrogens with one attached hydrogen (secondary N) is 1. The first kappa shape index (κ1) is 13.4. The third kappa shape index (κ3) is 1.76. The lowest BCUT2D eigenvalue weighted by atomic mass is 10.1. The van der Waals surface area contributed by atoms with Gasteiger partial charge in [0.25, 0.3) is 5.56 Å². The normalized spacial score (nSPS) is 21.8. The summed E-state index contributed by atoms with van der Waals surface area (Å²) in [5, 5.41) is 3.13. The molecule has 0 fully saturated rings. The van der Waals surface area contributed by atoms with Crippen molar-refractivity contribution in [2.45, 2.75) is 32.9 Å². The number of aromatic nitrogens is 2. The zero-order valence-corrected chi connectivity index (χ0v) is 11.7. The highest BCUT2D eigenvalue weighted by atomic mass is 16.2. The van der Waals surface area contributed by atoms with Crippen molar-refractivity contribution in [1.82, 2.24) is 9.13 Å². The van der Waals surface area contributed by atoms with Crippen LogP contribution in [0.5, 0.6) is 0 Å². The molecule has 1 aliphatic rings. The second-order valence-corrected chi connectivity index (χ2v) is 4.97. The maximum Gasteiger partial charge on any atom is 0.332 e. The Bertz CT molecular complexity index is 658. The van der Waals surface area contributed by atoms with E-state index in [1.807, 2.05) is 13.8 Å². The molecule has 0 saturated heterocycles. The Morgan fingerprint density at radius 1 is 1.16 bits per heavy atom. The summed E-state index contributed by atoms with van der Waals surface area (Å²) in [5.41, 5.74) is -0.635. The van der Waals surface area contributed by atoms with E-state index >= 15 is 0 Å². The predicted molar refractivity (Wildman–Crippen MR) is 72.6 cm³/mol. The van der Waals surface area contributed by atoms with Crippen molar-refractivity contribution in [1.29, 1.82) is 0 Å². The van der Waals surface area contributed by atoms with Crippen molar-refractivity contribution in [2.24, 2.45) is 14.1 Å². The molecule has 2 rings (SSSR count). The average molecular weight is 266 g/mol. The number of rotatable bonds is 0. The van der Waals surface area contributed by atoms with Crippen LogP contribution in [0, 0.1) is 0 Å². The fourth-order valence-corrected chi connectivity index (χ4v) is 2.42. The average Bonchev–Trinajstić information content (AvgIpc) is 2.35. The molecule has 1 aromatic rings. The molecule has 2 heterocycles. The lowest BCUT2D eigenvalue weighted by molar-refractivity contribution is -0.117. The second kappa shape index (κ2) is 4.25. The lowest BCUT2D eigenvalue weighted by Crippen LogP contribution is -2.55. The molecule has 1 amide bonds. The van der Waals surface area contributed by atoms with Crippen LogP contribution in [0.25, 0.3) is 0 Å². The van der Waals surface area contributed by atoms with Gasteiger partial charge in [0.05, 0.1) is 6.04 Å². The van der Waals surface area contributed by atoms with E-state index in [9.17, 15) is 14.4 Å². The van der Waals surface area contributed by atoms with Crippen molar-refractivity contribution in [2.75, 3.05) is 10.2 Å². The van der Waals surface area contributed by atoms with Gasteiger partial charge in [-0.1, -0.05) is 0 Å². The van der Waals surface area contributed by atoms with Gasteiger partial charge in [0.15, 0.2) is 5.69 Å². The van der Waals surface area contributed by atoms with E-state index in [2.05, 4.69) is 5.32 Å². The number of hydrogen-bond donors (Lipinski definition) is 1. The van der Waals surface area contributed by atoms with E-state index in [-0.39, 0.29) is 23.7 Å². The van der Waals surface area contributed by atoms with Gasteiger partial charge >= 0.3 is 5.69 Å². The number of nitrogens with zero attached hydrogens (tertiary/aromatic N) is 3. The SMILES string of the molecule is CC(=O)N1c2c(n(C)c(=O)n(C)c2=O)NC(C)C1C. The quantitative estimate of drug-likeness (QED) is 0.695. The van der Waals surface area contributed by atoms with Crippen LogP contribution < -0.4 is 21.5 Å². The third-order valence-electron chi connectivity index (χ3n) is 3.72. The zero-order valence-electron chi connectivity index (χ0n) is 11.7. The van der Waals surface area contributed by atoms with E-state index in [4.69, 9.17) is 0 Å². The minimum absolute atomic E-state index is 0.0471. The maximum absolute atomic E-state index is 12.3. The first-order valence-electron chi connectivity index (χ1n) is 6.13. The summed E-state index contributed by atoms with van der Waals surface area (Å²) in [6, 6.07) is -0.204. The largest absolute Gasteiger partial charge is 0.365 e. The Kier molecular flexibility index (Phi) is 3.00. The number of fused-ring (bicyclic) bond motifs is 1. The Morgan fingerprint density at radius 3 is 2.26 bits per heavy atom. The van der Waals surface area contributed by atoms with Crippen LogP contribution in [-0.4, -0.2) is 27.1 Å². The molecule has 2 unspecified atom stereocenters. The second-order valence-electron chi connectivity index (χ2n) is 4.97. The molecule has 1 aromatic heterocycles. The highest BCUT2D eigenvalue weighted by Crippen LogP contribution is 2.29. The Labute approximate surface area is 110 Å². The van der Waals surface area contributed by atoms with Gasteiger partial charge in [-0.15, -0.1) is 0 Å². The molecule has 7 nitrogen and oxygen atoms in total. The molecule has 104 valence electrons. The van der Waals surface area contributed by atoms with Crippen molar-refractivity contribution >= 4 is 17.4 Å². The van der Waals surface area contributed by atoms with Crippen LogP contribution in [0.15, 0.2) is 9.59 Å². The number of amides is 1. The summed E-state index contributed by atoms with van der Waals surface area (Å²) >= 11 is 0. The van der Waals surface area contributed by atoms with Gasteiger partial charge in [-0.2, -0.15) is 0 Å². The minimum atomic E-state index is -0.459. The highest BCUT2D eigenvalue weighted by molar-refractivity contribution is 5.96. The van der Waals surface area contributed by atoms with Crippen LogP contribution >= 0.6 is 0 Å². The molecule has 0 radical (unpaired) electrons. The van der Waals surface area contributed by atoms with Crippen molar-refractivity contribution in [3.05, 3.63) is 20.8 Å². The smallest absolute Gasteiger partial charge is 0.332 e. The van der Waals surface area contributed by atoms with Gasteiger partial charge in [0.2, 0.25) is 5.91 Å². The minimum Gasteiger partial charge on any atom is -0.365 e. The molecular weight excluding hydrogens is 248 g/mol. The number of carbonyl (C=O) groups is 1. The van der Waals surface area contributed by atoms with E-state index in [1.165, 1.54) is 23.4 Å². The predicted octanol–water partition coefficient (Wildman–Crippen LogP) is -0.361. The molecule has 1 N–H and O–H groups in total. The molecule has 7 heteroatoms. The van der Waals surface area contributed by atoms with Gasteiger partial charge in [-0.25, -0.2) is 4.79 Å². The van der Waals surface area contributed by atoms with Gasteiger partial charge in [-0.3, -0.25) is 23.6 Å². The van der Waals surface area contributed by atoms with Crippen LogP contribution in [0.4, 0.5) is 11.5 Å². The molecule has 1 aliphatic heterocycles. The number of carbonyl (C=O) groups excluding carboxylic acids is 1. The van der Waals surface area contributed by atoms with Gasteiger partial charge in [-0.05, 0) is 13.8 Å². The maximum atomic E-state index is 12.3. The molecule has 0 aromatic carbocycles. The Balaban J connectivity index is 2.87. The summed E-state index contributed by atoms with van der Waals surface area (Å²) in [6.07, 6.45) is 0. The van der Waals surface area contributed by atoms with Crippen molar-refractivity contribution in [3.8, 4) is 0 Å². The monoisotopic (exact) mass is 266 g/mol. The lowest BCUT2D eigenvalue weighted by Gasteiger charge is -2.39. The third-order valence-corrected chi connectivity index (χ3v) is 3.72. The van der Waals surface area contributed by atoms with Crippen molar-refractivity contribution in [3.63, 3.8) is 0 Å². The summed E-state index contributed by atoms with van der Waals surface area (Å²) in [5.74, 6) is 0.187. The topological polar surface area (TPSA) is 76.3 Å². The van der Waals surface area contributed by atoms with Crippen LogP contribution in [0.2, 0.25) is 0 Å². The van der Waals surface area contributed by atoms with Crippen molar-refractivity contribution < 1.29 is 4.79 Å². The van der Waals surface area contributed by atoms with E-state index < -0.39 is 11.2 Å². The molecule has 2 atom stereocenters. The van der Waals surface area contributed by atoms with Gasteiger partial charge in [0, 0.05) is 27.1 Å². The molecule has 19 heavy (non-hydrogen) atoms. The summed E-state index contributed by atoms with van der Waals surface area (Å²) in [7, 11) is 2.99. The fourth-order valence-electron chi connectivity index (χ4n) is 2.42. The standard InChI is InChI=1S/C12H18N4O3/c1-6-7(2)16(8(3)17)9-10(13-6)14(4)12(19)15(5)11(9)18/h6-7,13H,1-5H3. The van der Waals surface area contributed by atoms with E-state index in [1.54, 1.807) is 7.05 Å². The summed E-state index contributed by atoms with van der Waals surface area (Å²) < 4.78 is 2.37. The molecule has 0 saturated carbocycles. The van der Waals surface area contributed by atoms with E-state index in [0.717, 1.165) is 4.57 Å². The Morgan fingerprint density at radius 2 is 1.74 bits per heavy atom. The number of hydrogen-bond acceptors (Lipinski definition) is 4. The highest BCUT2D eigenvalue weighted by Gasteiger charge is 2.35. The Hall–Kier alpha value is -2.05. The van der Waals surface area contributed by atoms with Crippen LogP contribution in [0.3, 0.4) is 0 Å². The van der Waals surface area contributed by atoms with Crippen LogP contribution in [0.1, 0.15) is 20.8 Å². The van der Waals surface area contributed by atoms with E-state index in [0.29, 0.717) is 5.82 Å². The fraction of sp³-hybridized carbons (Fsp3) is 0.583. The zero-order chi connectivity index (χ0) is 14.5. The molecule has 0 spiro atoms. The van der Waals surface area contributed by atoms with Crippen LogP contribution in [-0.2, 0) is 18.9 Å². The molecular formula is C12H18N4O3. The van der Waals surface area contributed by atoms with Gasteiger partial charge < -0.3 is 5.32 Å². The van der Waals surface area contributed by atoms with Gasteiger partial charge in [0.1, 0.15) is 5.82 Å². The molecule has 0 aliphatic carbocycles. The summed E-state index contributed by atoms with van der Waals surface area (Å²) in [6.45, 7) is 5.20. The first-order chi connectivity index (χ1) is 8.77. The first-order valence-corrected chi connectivity index (χ1v) is 6.13.